The lowest BCUT2D eigenvalue weighted by Crippen LogP contribution is -2.25. The van der Waals surface area contributed by atoms with E-state index in [0.29, 0.717) is 18.5 Å². The Bertz CT molecular complexity index is 706. The number of nitrogens with one attached hydrogen (secondary N) is 2. The highest BCUT2D eigenvalue weighted by atomic mass is 16.1. The van der Waals surface area contributed by atoms with E-state index < -0.39 is 0 Å². The summed E-state index contributed by atoms with van der Waals surface area (Å²) in [6.45, 7) is 0.538. The molecule has 0 fully saturated rings. The van der Waals surface area contributed by atoms with Crippen molar-refractivity contribution >= 4 is 5.91 Å². The summed E-state index contributed by atoms with van der Waals surface area (Å²) >= 11 is 0. The standard InChI is InChI=1S/C13H13N7O/c21-13(15-5-4-11-7-14-8-16-11)10-2-1-3-12(6-10)20-9-17-18-19-20/h1-3,6-9H,4-5H2,(H,14,16)(H,15,21). The second-order valence-electron chi connectivity index (χ2n) is 4.39. The van der Waals surface area contributed by atoms with Gasteiger partial charge in [0.2, 0.25) is 0 Å². The maximum Gasteiger partial charge on any atom is 0.251 e. The van der Waals surface area contributed by atoms with E-state index >= 15 is 0 Å². The molecule has 0 saturated carbocycles. The largest absolute Gasteiger partial charge is 0.352 e. The Balaban J connectivity index is 1.63. The lowest BCUT2D eigenvalue weighted by molar-refractivity contribution is 0.0954. The first-order valence-electron chi connectivity index (χ1n) is 6.42. The van der Waals surface area contributed by atoms with Crippen LogP contribution in [0.2, 0.25) is 0 Å². The number of nitrogens with zero attached hydrogens (tertiary/aromatic N) is 5. The molecule has 0 atom stereocenters. The number of amides is 1. The molecule has 8 nitrogen and oxygen atoms in total. The van der Waals surface area contributed by atoms with Gasteiger partial charge >= 0.3 is 0 Å². The zero-order chi connectivity index (χ0) is 14.5. The SMILES string of the molecule is O=C(NCCc1cnc[nH]1)c1cccc(-n2cnnn2)c1. The van der Waals surface area contributed by atoms with Gasteiger partial charge in [-0.15, -0.1) is 5.10 Å². The molecule has 0 saturated heterocycles. The maximum absolute atomic E-state index is 12.1. The molecule has 0 aliphatic rings. The van der Waals surface area contributed by atoms with E-state index in [2.05, 4.69) is 30.8 Å². The first-order valence-corrected chi connectivity index (χ1v) is 6.42. The van der Waals surface area contributed by atoms with Crippen LogP contribution in [-0.4, -0.2) is 42.6 Å². The Hall–Kier alpha value is -3.03. The van der Waals surface area contributed by atoms with Gasteiger partial charge in [0.05, 0.1) is 12.0 Å². The summed E-state index contributed by atoms with van der Waals surface area (Å²) in [6.07, 6.45) is 5.55. The lowest BCUT2D eigenvalue weighted by Gasteiger charge is -2.06. The van der Waals surface area contributed by atoms with Crippen molar-refractivity contribution in [1.29, 1.82) is 0 Å². The highest BCUT2D eigenvalue weighted by Crippen LogP contribution is 2.08. The molecule has 106 valence electrons. The van der Waals surface area contributed by atoms with Crippen LogP contribution in [0.15, 0.2) is 43.1 Å². The number of tetrazole rings is 1. The average molecular weight is 283 g/mol. The summed E-state index contributed by atoms with van der Waals surface area (Å²) in [5.41, 5.74) is 2.28. The molecule has 0 radical (unpaired) electrons. The number of H-pyrrole nitrogens is 1. The molecule has 1 amide bonds. The molecule has 0 unspecified atom stereocenters. The molecule has 0 aliphatic heterocycles. The molecule has 2 N–H and O–H groups in total. The van der Waals surface area contributed by atoms with Crippen LogP contribution in [0.5, 0.6) is 0 Å². The Labute approximate surface area is 120 Å². The Morgan fingerprint density at radius 1 is 1.38 bits per heavy atom. The van der Waals surface area contributed by atoms with Gasteiger partial charge in [0, 0.05) is 30.4 Å². The van der Waals surface area contributed by atoms with Gasteiger partial charge in [-0.25, -0.2) is 9.67 Å². The molecular weight excluding hydrogens is 270 g/mol. The summed E-state index contributed by atoms with van der Waals surface area (Å²) in [4.78, 5) is 19.0. The number of hydrogen-bond donors (Lipinski definition) is 2. The quantitative estimate of drug-likeness (QED) is 0.704. The van der Waals surface area contributed by atoms with Crippen LogP contribution in [0.25, 0.3) is 5.69 Å². The maximum atomic E-state index is 12.1. The molecule has 21 heavy (non-hydrogen) atoms. The van der Waals surface area contributed by atoms with Gasteiger partial charge in [0.1, 0.15) is 6.33 Å². The molecular formula is C13H13N7O. The van der Waals surface area contributed by atoms with Crippen LogP contribution in [0, 0.1) is 0 Å². The molecule has 0 bridgehead atoms. The van der Waals surface area contributed by atoms with Crippen molar-refractivity contribution in [3.8, 4) is 5.69 Å². The predicted molar refractivity (Wildman–Crippen MR) is 73.8 cm³/mol. The normalized spacial score (nSPS) is 10.5. The van der Waals surface area contributed by atoms with Crippen LogP contribution in [0.1, 0.15) is 16.1 Å². The lowest BCUT2D eigenvalue weighted by atomic mass is 10.2. The minimum absolute atomic E-state index is 0.135. The zero-order valence-electron chi connectivity index (χ0n) is 11.1. The molecule has 3 aromatic rings. The van der Waals surface area contributed by atoms with E-state index in [4.69, 9.17) is 0 Å². The van der Waals surface area contributed by atoms with E-state index in [0.717, 1.165) is 11.4 Å². The summed E-state index contributed by atoms with van der Waals surface area (Å²) < 4.78 is 1.50. The summed E-state index contributed by atoms with van der Waals surface area (Å²) in [6, 6.07) is 7.11. The van der Waals surface area contributed by atoms with Gasteiger partial charge in [0.25, 0.3) is 5.91 Å². The fraction of sp³-hybridized carbons (Fsp3) is 0.154. The van der Waals surface area contributed by atoms with E-state index in [1.54, 1.807) is 30.7 Å². The number of carbonyl (C=O) groups is 1. The van der Waals surface area contributed by atoms with Crippen molar-refractivity contribution in [3.63, 3.8) is 0 Å². The minimum Gasteiger partial charge on any atom is -0.352 e. The van der Waals surface area contributed by atoms with Crippen LogP contribution in [0.3, 0.4) is 0 Å². The fourth-order valence-electron chi connectivity index (χ4n) is 1.90. The van der Waals surface area contributed by atoms with Gasteiger partial charge in [-0.05, 0) is 28.6 Å². The summed E-state index contributed by atoms with van der Waals surface area (Å²) in [5, 5.41) is 13.8. The number of benzene rings is 1. The van der Waals surface area contributed by atoms with Crippen LogP contribution >= 0.6 is 0 Å². The zero-order valence-corrected chi connectivity index (χ0v) is 11.1. The number of aromatic amines is 1. The van der Waals surface area contributed by atoms with E-state index in [9.17, 15) is 4.79 Å². The van der Waals surface area contributed by atoms with Crippen LogP contribution in [0.4, 0.5) is 0 Å². The van der Waals surface area contributed by atoms with Crippen LogP contribution in [-0.2, 0) is 6.42 Å². The molecule has 8 heteroatoms. The summed E-state index contributed by atoms with van der Waals surface area (Å²) in [7, 11) is 0. The average Bonchev–Trinajstić information content (AvgIpc) is 3.21. The number of carbonyl (C=O) groups excluding carboxylic acids is 1. The van der Waals surface area contributed by atoms with Crippen molar-refractivity contribution in [2.75, 3.05) is 6.54 Å². The highest BCUT2D eigenvalue weighted by molar-refractivity contribution is 5.94. The minimum atomic E-state index is -0.135. The third-order valence-electron chi connectivity index (χ3n) is 2.96. The van der Waals surface area contributed by atoms with Crippen LogP contribution < -0.4 is 5.32 Å². The van der Waals surface area contributed by atoms with E-state index in [1.165, 1.54) is 11.0 Å². The van der Waals surface area contributed by atoms with E-state index in [1.807, 2.05) is 6.07 Å². The fourth-order valence-corrected chi connectivity index (χ4v) is 1.90. The van der Waals surface area contributed by atoms with Crippen molar-refractivity contribution in [1.82, 2.24) is 35.5 Å². The molecule has 0 aliphatic carbocycles. The molecule has 0 spiro atoms. The van der Waals surface area contributed by atoms with Gasteiger partial charge in [-0.2, -0.15) is 0 Å². The smallest absolute Gasteiger partial charge is 0.251 e. The van der Waals surface area contributed by atoms with Gasteiger partial charge in [-0.3, -0.25) is 4.79 Å². The number of rotatable bonds is 5. The first-order chi connectivity index (χ1) is 10.3. The highest BCUT2D eigenvalue weighted by Gasteiger charge is 2.07. The molecule has 1 aromatic carbocycles. The molecule has 2 heterocycles. The Kier molecular flexibility index (Phi) is 3.68. The Morgan fingerprint density at radius 2 is 2.33 bits per heavy atom. The van der Waals surface area contributed by atoms with Crippen molar-refractivity contribution in [2.24, 2.45) is 0 Å². The number of imidazole rings is 1. The monoisotopic (exact) mass is 283 g/mol. The van der Waals surface area contributed by atoms with Crippen molar-refractivity contribution in [2.45, 2.75) is 6.42 Å². The second kappa shape index (κ2) is 5.95. The van der Waals surface area contributed by atoms with Crippen molar-refractivity contribution in [3.05, 3.63) is 54.4 Å². The number of aromatic nitrogens is 6. The Morgan fingerprint density at radius 3 is 3.10 bits per heavy atom. The van der Waals surface area contributed by atoms with Gasteiger partial charge in [0.15, 0.2) is 0 Å². The second-order valence-corrected chi connectivity index (χ2v) is 4.39. The topological polar surface area (TPSA) is 101 Å². The number of hydrogen-bond acceptors (Lipinski definition) is 5. The third-order valence-corrected chi connectivity index (χ3v) is 2.96. The summed E-state index contributed by atoms with van der Waals surface area (Å²) in [5.74, 6) is -0.135. The predicted octanol–water partition coefficient (Wildman–Crippen LogP) is 0.358. The first kappa shape index (κ1) is 13.0. The molecule has 2 aromatic heterocycles. The molecule has 3 rings (SSSR count). The van der Waals surface area contributed by atoms with Gasteiger partial charge in [-0.1, -0.05) is 6.07 Å². The van der Waals surface area contributed by atoms with Crippen molar-refractivity contribution < 1.29 is 4.79 Å². The van der Waals surface area contributed by atoms with Gasteiger partial charge < -0.3 is 10.3 Å². The third kappa shape index (κ3) is 3.11. The van der Waals surface area contributed by atoms with E-state index in [-0.39, 0.29) is 5.91 Å².